The zero-order chi connectivity index (χ0) is 27.4. The average molecular weight is 551 g/mol. The van der Waals surface area contributed by atoms with Gasteiger partial charge in [-0.2, -0.15) is 0 Å². The van der Waals surface area contributed by atoms with Gasteiger partial charge in [0.05, 0.1) is 37.6 Å². The van der Waals surface area contributed by atoms with Crippen LogP contribution in [-0.4, -0.2) is 132 Å². The van der Waals surface area contributed by atoms with Gasteiger partial charge in [-0.15, -0.1) is 0 Å². The third-order valence-electron chi connectivity index (χ3n) is 8.31. The molecule has 0 bridgehead atoms. The molecule has 5 N–H and O–H groups in total. The second kappa shape index (κ2) is 13.9. The van der Waals surface area contributed by atoms with E-state index in [1.165, 1.54) is 0 Å². The van der Waals surface area contributed by atoms with Crippen LogP contribution in [-0.2, 0) is 33.2 Å². The summed E-state index contributed by atoms with van der Waals surface area (Å²) in [6.07, 6.45) is -7.03. The van der Waals surface area contributed by atoms with Gasteiger partial charge >= 0.3 is 0 Å². The van der Waals surface area contributed by atoms with Crippen molar-refractivity contribution in [3.8, 4) is 0 Å². The molecular weight excluding hydrogens is 504 g/mol. The first-order valence-corrected chi connectivity index (χ1v) is 14.0. The lowest BCUT2D eigenvalue weighted by molar-refractivity contribution is -0.356. The Morgan fingerprint density at radius 3 is 2.32 bits per heavy atom. The molecule has 4 rings (SSSR count). The lowest BCUT2D eigenvalue weighted by Gasteiger charge is -2.48. The molecule has 0 spiro atoms. The van der Waals surface area contributed by atoms with E-state index in [2.05, 4.69) is 6.92 Å². The van der Waals surface area contributed by atoms with Gasteiger partial charge in [0.25, 0.3) is 0 Å². The monoisotopic (exact) mass is 550 g/mol. The van der Waals surface area contributed by atoms with Crippen LogP contribution in [0.5, 0.6) is 0 Å². The van der Waals surface area contributed by atoms with Crippen molar-refractivity contribution >= 4 is 0 Å². The molecule has 12 nitrogen and oxygen atoms in total. The number of ether oxygens (including phenoxy) is 7. The SMILES string of the molecule is CCC1CCCC(OC2OC(CO)C(O)C3OC(COC)CCCOC23)C1OC1OC(C)C(O)C(O)C1O. The standard InChI is InChI=1S/C26H46O12/c1-4-14-7-5-9-16(22(14)38-25-21(31)20(30)18(28)13(2)34-25)36-26-24-23(19(29)17(11-27)37-26)35-15(12-32-3)8-6-10-33-24/h13-31H,4-12H2,1-3H3. The van der Waals surface area contributed by atoms with E-state index in [0.29, 0.717) is 26.1 Å². The van der Waals surface area contributed by atoms with Gasteiger partial charge in [-0.05, 0) is 38.5 Å². The molecule has 0 amide bonds. The largest absolute Gasteiger partial charge is 0.394 e. The lowest BCUT2D eigenvalue weighted by atomic mass is 9.82. The summed E-state index contributed by atoms with van der Waals surface area (Å²) in [5, 5.41) is 51.8. The highest BCUT2D eigenvalue weighted by atomic mass is 16.7. The fourth-order valence-electron chi connectivity index (χ4n) is 6.06. The number of methoxy groups -OCH3 is 1. The maximum atomic E-state index is 10.9. The van der Waals surface area contributed by atoms with Crippen LogP contribution in [0.1, 0.15) is 52.4 Å². The van der Waals surface area contributed by atoms with Crippen molar-refractivity contribution in [3.63, 3.8) is 0 Å². The Hall–Kier alpha value is -0.480. The number of aliphatic hydroxyl groups is 5. The van der Waals surface area contributed by atoms with E-state index in [0.717, 1.165) is 25.7 Å². The van der Waals surface area contributed by atoms with E-state index in [4.69, 9.17) is 33.2 Å². The van der Waals surface area contributed by atoms with Crippen molar-refractivity contribution in [3.05, 3.63) is 0 Å². The Kier molecular flexibility index (Phi) is 11.2. The first kappa shape index (κ1) is 30.5. The molecule has 3 aliphatic heterocycles. The number of fused-ring (bicyclic) bond motifs is 1. The molecule has 14 unspecified atom stereocenters. The minimum atomic E-state index is -1.43. The second-order valence-corrected chi connectivity index (χ2v) is 10.9. The van der Waals surface area contributed by atoms with E-state index >= 15 is 0 Å². The Morgan fingerprint density at radius 2 is 1.61 bits per heavy atom. The summed E-state index contributed by atoms with van der Waals surface area (Å²) in [4.78, 5) is 0. The van der Waals surface area contributed by atoms with Gasteiger partial charge in [0.2, 0.25) is 0 Å². The van der Waals surface area contributed by atoms with Gasteiger partial charge in [0.1, 0.15) is 42.7 Å². The highest BCUT2D eigenvalue weighted by Gasteiger charge is 2.51. The molecule has 38 heavy (non-hydrogen) atoms. The summed E-state index contributed by atoms with van der Waals surface area (Å²) >= 11 is 0. The van der Waals surface area contributed by atoms with Gasteiger partial charge in [0, 0.05) is 13.7 Å². The molecule has 0 aromatic carbocycles. The van der Waals surface area contributed by atoms with Gasteiger partial charge in [-0.25, -0.2) is 0 Å². The van der Waals surface area contributed by atoms with Crippen LogP contribution >= 0.6 is 0 Å². The van der Waals surface area contributed by atoms with Gasteiger partial charge in [-0.1, -0.05) is 19.8 Å². The Labute approximate surface area is 224 Å². The van der Waals surface area contributed by atoms with Gasteiger partial charge in [0.15, 0.2) is 12.6 Å². The fourth-order valence-corrected chi connectivity index (χ4v) is 6.06. The third-order valence-corrected chi connectivity index (χ3v) is 8.31. The number of hydrogen-bond donors (Lipinski definition) is 5. The minimum Gasteiger partial charge on any atom is -0.394 e. The predicted molar refractivity (Wildman–Crippen MR) is 131 cm³/mol. The number of rotatable bonds is 8. The van der Waals surface area contributed by atoms with Crippen LogP contribution < -0.4 is 0 Å². The molecule has 4 aliphatic rings. The number of aliphatic hydroxyl groups excluding tert-OH is 5. The fraction of sp³-hybridized carbons (Fsp3) is 1.00. The van der Waals surface area contributed by atoms with Crippen LogP contribution in [0.25, 0.3) is 0 Å². The minimum absolute atomic E-state index is 0.0862. The Morgan fingerprint density at radius 1 is 0.816 bits per heavy atom. The normalized spacial score (nSPS) is 48.6. The molecular formula is C26H46O12. The summed E-state index contributed by atoms with van der Waals surface area (Å²) < 4.78 is 42.2. The van der Waals surface area contributed by atoms with Crippen LogP contribution in [0.3, 0.4) is 0 Å². The van der Waals surface area contributed by atoms with Crippen LogP contribution in [0.2, 0.25) is 0 Å². The van der Waals surface area contributed by atoms with Crippen LogP contribution in [0, 0.1) is 5.92 Å². The maximum absolute atomic E-state index is 10.9. The average Bonchev–Trinajstić information content (AvgIpc) is 2.90. The number of hydrogen-bond acceptors (Lipinski definition) is 12. The zero-order valence-corrected chi connectivity index (χ0v) is 22.5. The summed E-state index contributed by atoms with van der Waals surface area (Å²) in [5.74, 6) is 0.0862. The smallest absolute Gasteiger partial charge is 0.187 e. The predicted octanol–water partition coefficient (Wildman–Crippen LogP) is -0.548. The highest BCUT2D eigenvalue weighted by molar-refractivity contribution is 4.95. The van der Waals surface area contributed by atoms with Crippen molar-refractivity contribution in [1.82, 2.24) is 0 Å². The summed E-state index contributed by atoms with van der Waals surface area (Å²) in [5.41, 5.74) is 0. The van der Waals surface area contributed by atoms with E-state index in [9.17, 15) is 25.5 Å². The maximum Gasteiger partial charge on any atom is 0.187 e. The summed E-state index contributed by atoms with van der Waals surface area (Å²) in [6.45, 7) is 4.03. The zero-order valence-electron chi connectivity index (χ0n) is 22.5. The van der Waals surface area contributed by atoms with Gasteiger partial charge in [-0.3, -0.25) is 0 Å². The lowest BCUT2D eigenvalue weighted by Crippen LogP contribution is -2.63. The van der Waals surface area contributed by atoms with E-state index in [-0.39, 0.29) is 12.0 Å². The summed E-state index contributed by atoms with van der Waals surface area (Å²) in [6, 6.07) is 0. The molecule has 4 fully saturated rings. The second-order valence-electron chi connectivity index (χ2n) is 10.9. The Bertz CT molecular complexity index is 714. The first-order valence-electron chi connectivity index (χ1n) is 14.0. The first-order chi connectivity index (χ1) is 18.3. The molecule has 0 radical (unpaired) electrons. The van der Waals surface area contributed by atoms with Gasteiger partial charge < -0.3 is 58.7 Å². The van der Waals surface area contributed by atoms with E-state index in [1.807, 2.05) is 0 Å². The van der Waals surface area contributed by atoms with Crippen LogP contribution in [0.15, 0.2) is 0 Å². The quantitative estimate of drug-likeness (QED) is 0.262. The third kappa shape index (κ3) is 6.69. The molecule has 222 valence electrons. The molecule has 0 aromatic heterocycles. The van der Waals surface area contributed by atoms with Crippen LogP contribution in [0.4, 0.5) is 0 Å². The van der Waals surface area contributed by atoms with Crippen molar-refractivity contribution < 1.29 is 58.7 Å². The van der Waals surface area contributed by atoms with E-state index in [1.54, 1.807) is 14.0 Å². The molecule has 1 aliphatic carbocycles. The van der Waals surface area contributed by atoms with Crippen molar-refractivity contribution in [1.29, 1.82) is 0 Å². The molecule has 12 heteroatoms. The van der Waals surface area contributed by atoms with Crippen molar-refractivity contribution in [2.24, 2.45) is 5.92 Å². The molecule has 14 atom stereocenters. The highest BCUT2D eigenvalue weighted by Crippen LogP contribution is 2.37. The molecule has 3 heterocycles. The molecule has 3 saturated heterocycles. The van der Waals surface area contributed by atoms with E-state index < -0.39 is 80.2 Å². The van der Waals surface area contributed by atoms with Crippen molar-refractivity contribution in [2.45, 2.75) is 132 Å². The molecule has 1 saturated carbocycles. The summed E-state index contributed by atoms with van der Waals surface area (Å²) in [7, 11) is 1.60. The Balaban J connectivity index is 1.53. The topological polar surface area (TPSA) is 166 Å². The molecule has 0 aromatic rings. The van der Waals surface area contributed by atoms with Crippen molar-refractivity contribution in [2.75, 3.05) is 26.9 Å².